The van der Waals surface area contributed by atoms with Gasteiger partial charge in [-0.2, -0.15) is 5.10 Å². The first-order valence-corrected chi connectivity index (χ1v) is 5.47. The zero-order chi connectivity index (χ0) is 11.4. The number of nitrogens with zero attached hydrogens (tertiary/aromatic N) is 2. The van der Waals surface area contributed by atoms with Gasteiger partial charge in [-0.3, -0.25) is 4.68 Å². The predicted molar refractivity (Wildman–Crippen MR) is 58.9 cm³/mol. The first-order valence-electron chi connectivity index (χ1n) is 5.09. The maximum Gasteiger partial charge on any atom is 0.0972 e. The van der Waals surface area contributed by atoms with Gasteiger partial charge in [0.25, 0.3) is 0 Å². The Morgan fingerprint density at radius 1 is 1.53 bits per heavy atom. The molecule has 0 spiro atoms. The van der Waals surface area contributed by atoms with Crippen molar-refractivity contribution < 1.29 is 10.2 Å². The summed E-state index contributed by atoms with van der Waals surface area (Å²) in [4.78, 5) is 0. The lowest BCUT2D eigenvalue weighted by molar-refractivity contribution is 0.140. The summed E-state index contributed by atoms with van der Waals surface area (Å²) in [6.45, 7) is 4.03. The van der Waals surface area contributed by atoms with E-state index in [0.717, 1.165) is 0 Å². The third-order valence-electron chi connectivity index (χ3n) is 2.23. The van der Waals surface area contributed by atoms with Crippen molar-refractivity contribution in [3.8, 4) is 0 Å². The van der Waals surface area contributed by atoms with E-state index < -0.39 is 6.10 Å². The van der Waals surface area contributed by atoms with Gasteiger partial charge in [0.2, 0.25) is 0 Å². The van der Waals surface area contributed by atoms with E-state index in [1.54, 1.807) is 10.9 Å². The van der Waals surface area contributed by atoms with E-state index in [9.17, 15) is 5.11 Å². The van der Waals surface area contributed by atoms with Crippen LogP contribution in [0.2, 0.25) is 5.02 Å². The van der Waals surface area contributed by atoms with Crippen LogP contribution in [-0.2, 0) is 0 Å². The number of aliphatic hydroxyl groups excluding tert-OH is 2. The van der Waals surface area contributed by atoms with E-state index in [2.05, 4.69) is 5.10 Å². The highest BCUT2D eigenvalue weighted by atomic mass is 35.5. The van der Waals surface area contributed by atoms with Gasteiger partial charge in [0.1, 0.15) is 0 Å². The van der Waals surface area contributed by atoms with Gasteiger partial charge in [-0.1, -0.05) is 11.6 Å². The summed E-state index contributed by atoms with van der Waals surface area (Å²) in [5.41, 5.74) is 0.639. The van der Waals surface area contributed by atoms with Crippen molar-refractivity contribution in [3.63, 3.8) is 0 Å². The van der Waals surface area contributed by atoms with Crippen molar-refractivity contribution in [1.82, 2.24) is 9.78 Å². The molecular weight excluding hydrogens is 216 g/mol. The largest absolute Gasteiger partial charge is 0.396 e. The van der Waals surface area contributed by atoms with Crippen LogP contribution in [0.15, 0.2) is 6.20 Å². The summed E-state index contributed by atoms with van der Waals surface area (Å²) in [6, 6.07) is 0.163. The number of hydrogen-bond donors (Lipinski definition) is 2. The summed E-state index contributed by atoms with van der Waals surface area (Å²) in [5.74, 6) is 0. The molecule has 0 bridgehead atoms. The molecule has 1 aromatic heterocycles. The minimum absolute atomic E-state index is 0.0739. The molecule has 0 aliphatic carbocycles. The molecule has 0 aromatic carbocycles. The molecule has 0 saturated heterocycles. The van der Waals surface area contributed by atoms with Crippen molar-refractivity contribution in [2.45, 2.75) is 38.8 Å². The Kier molecular flexibility index (Phi) is 4.57. The second-order valence-electron chi connectivity index (χ2n) is 3.80. The first kappa shape index (κ1) is 12.5. The van der Waals surface area contributed by atoms with Crippen molar-refractivity contribution in [1.29, 1.82) is 0 Å². The number of aliphatic hydroxyl groups is 2. The van der Waals surface area contributed by atoms with Gasteiger partial charge >= 0.3 is 0 Å². The Labute approximate surface area is 94.5 Å². The fraction of sp³-hybridized carbons (Fsp3) is 0.700. The molecule has 1 unspecified atom stereocenters. The van der Waals surface area contributed by atoms with Gasteiger partial charge in [0.05, 0.1) is 23.0 Å². The minimum Gasteiger partial charge on any atom is -0.396 e. The molecule has 1 aromatic rings. The standard InChI is InChI=1S/C10H17ClN2O2/c1-7(2)13-10(8(11)6-12-13)9(15)4-3-5-14/h6-7,9,14-15H,3-5H2,1-2H3. The molecule has 2 N–H and O–H groups in total. The third-order valence-corrected chi connectivity index (χ3v) is 2.52. The molecule has 1 heterocycles. The molecule has 0 amide bonds. The van der Waals surface area contributed by atoms with Gasteiger partial charge in [0.15, 0.2) is 0 Å². The van der Waals surface area contributed by atoms with E-state index in [-0.39, 0.29) is 12.6 Å². The molecule has 0 fully saturated rings. The van der Waals surface area contributed by atoms with Gasteiger partial charge in [-0.05, 0) is 26.7 Å². The zero-order valence-corrected chi connectivity index (χ0v) is 9.78. The van der Waals surface area contributed by atoms with Crippen molar-refractivity contribution in [2.75, 3.05) is 6.61 Å². The molecule has 1 rings (SSSR count). The summed E-state index contributed by atoms with van der Waals surface area (Å²) < 4.78 is 1.71. The predicted octanol–water partition coefficient (Wildman–Crippen LogP) is 1.92. The van der Waals surface area contributed by atoms with E-state index in [1.807, 2.05) is 13.8 Å². The Morgan fingerprint density at radius 3 is 2.73 bits per heavy atom. The molecule has 0 aliphatic heterocycles. The van der Waals surface area contributed by atoms with E-state index in [1.165, 1.54) is 0 Å². The lowest BCUT2D eigenvalue weighted by Crippen LogP contribution is -2.12. The quantitative estimate of drug-likeness (QED) is 0.816. The zero-order valence-electron chi connectivity index (χ0n) is 9.02. The minimum atomic E-state index is -0.658. The molecule has 0 aliphatic rings. The highest BCUT2D eigenvalue weighted by Crippen LogP contribution is 2.27. The van der Waals surface area contributed by atoms with Crippen molar-refractivity contribution >= 4 is 11.6 Å². The fourth-order valence-electron chi connectivity index (χ4n) is 1.50. The Morgan fingerprint density at radius 2 is 2.20 bits per heavy atom. The molecule has 86 valence electrons. The van der Waals surface area contributed by atoms with E-state index in [0.29, 0.717) is 23.6 Å². The van der Waals surface area contributed by atoms with Crippen LogP contribution >= 0.6 is 11.6 Å². The number of rotatable bonds is 5. The van der Waals surface area contributed by atoms with Crippen LogP contribution in [0.5, 0.6) is 0 Å². The van der Waals surface area contributed by atoms with E-state index in [4.69, 9.17) is 16.7 Å². The van der Waals surface area contributed by atoms with Crippen LogP contribution in [0.1, 0.15) is 44.5 Å². The smallest absolute Gasteiger partial charge is 0.0972 e. The van der Waals surface area contributed by atoms with Gasteiger partial charge in [-0.15, -0.1) is 0 Å². The van der Waals surface area contributed by atoms with Crippen LogP contribution in [0.4, 0.5) is 0 Å². The maximum atomic E-state index is 9.89. The average Bonchev–Trinajstić information content (AvgIpc) is 2.56. The van der Waals surface area contributed by atoms with Gasteiger partial charge in [-0.25, -0.2) is 0 Å². The van der Waals surface area contributed by atoms with Crippen LogP contribution in [0.25, 0.3) is 0 Å². The Bertz CT molecular complexity index is 312. The third kappa shape index (κ3) is 2.93. The number of halogens is 1. The van der Waals surface area contributed by atoms with E-state index >= 15 is 0 Å². The second kappa shape index (κ2) is 5.49. The van der Waals surface area contributed by atoms with Crippen LogP contribution in [0, 0.1) is 0 Å². The summed E-state index contributed by atoms with van der Waals surface area (Å²) in [7, 11) is 0. The fourth-order valence-corrected chi connectivity index (χ4v) is 1.75. The molecule has 0 saturated carbocycles. The highest BCUT2D eigenvalue weighted by Gasteiger charge is 2.18. The summed E-state index contributed by atoms with van der Waals surface area (Å²) >= 11 is 5.96. The van der Waals surface area contributed by atoms with Crippen LogP contribution in [0.3, 0.4) is 0 Å². The van der Waals surface area contributed by atoms with Crippen molar-refractivity contribution in [3.05, 3.63) is 16.9 Å². The topological polar surface area (TPSA) is 58.3 Å². The maximum absolute atomic E-state index is 9.89. The normalized spacial score (nSPS) is 13.5. The monoisotopic (exact) mass is 232 g/mol. The average molecular weight is 233 g/mol. The Balaban J connectivity index is 2.85. The molecule has 4 nitrogen and oxygen atoms in total. The summed E-state index contributed by atoms with van der Waals surface area (Å²) in [5, 5.41) is 23.2. The lowest BCUT2D eigenvalue weighted by atomic mass is 10.1. The molecular formula is C10H17ClN2O2. The first-order chi connectivity index (χ1) is 7.07. The lowest BCUT2D eigenvalue weighted by Gasteiger charge is -2.16. The van der Waals surface area contributed by atoms with Crippen molar-refractivity contribution in [2.24, 2.45) is 0 Å². The second-order valence-corrected chi connectivity index (χ2v) is 4.20. The van der Waals surface area contributed by atoms with Crippen LogP contribution in [-0.4, -0.2) is 26.6 Å². The molecule has 15 heavy (non-hydrogen) atoms. The number of aromatic nitrogens is 2. The highest BCUT2D eigenvalue weighted by molar-refractivity contribution is 6.31. The molecule has 0 radical (unpaired) electrons. The number of hydrogen-bond acceptors (Lipinski definition) is 3. The van der Waals surface area contributed by atoms with Gasteiger partial charge in [0, 0.05) is 12.6 Å². The SMILES string of the molecule is CC(C)n1ncc(Cl)c1C(O)CCCO. The van der Waals surface area contributed by atoms with Gasteiger partial charge < -0.3 is 10.2 Å². The Hall–Kier alpha value is -0.580. The van der Waals surface area contributed by atoms with Crippen LogP contribution < -0.4 is 0 Å². The summed E-state index contributed by atoms with van der Waals surface area (Å²) in [6.07, 6.45) is 1.93. The molecule has 1 atom stereocenters. The molecule has 5 heteroatoms.